The van der Waals surface area contributed by atoms with Gasteiger partial charge >= 0.3 is 6.03 Å². The topological polar surface area (TPSA) is 62.8 Å². The molecule has 7 heteroatoms. The van der Waals surface area contributed by atoms with Crippen molar-refractivity contribution in [3.8, 4) is 11.5 Å². The number of benzene rings is 2. The lowest BCUT2D eigenvalue weighted by molar-refractivity contribution is 0.174. The van der Waals surface area contributed by atoms with E-state index in [4.69, 9.17) is 21.1 Å². The Kier molecular flexibility index (Phi) is 5.88. The summed E-state index contributed by atoms with van der Waals surface area (Å²) in [6.45, 7) is 3.94. The van der Waals surface area contributed by atoms with Crippen molar-refractivity contribution < 1.29 is 14.3 Å². The van der Waals surface area contributed by atoms with Gasteiger partial charge in [-0.1, -0.05) is 23.7 Å². The van der Waals surface area contributed by atoms with Gasteiger partial charge in [0.05, 0.1) is 0 Å². The fourth-order valence-corrected chi connectivity index (χ4v) is 3.71. The molecule has 0 spiro atoms. The number of anilines is 1. The van der Waals surface area contributed by atoms with E-state index in [-0.39, 0.29) is 12.8 Å². The van der Waals surface area contributed by atoms with Crippen molar-refractivity contribution in [2.24, 2.45) is 5.92 Å². The van der Waals surface area contributed by atoms with E-state index in [0.717, 1.165) is 37.5 Å². The Bertz CT molecular complexity index is 820. The smallest absolute Gasteiger partial charge is 0.319 e. The van der Waals surface area contributed by atoms with E-state index >= 15 is 0 Å². The molecule has 2 amide bonds. The fraction of sp³-hybridized carbons (Fsp3) is 0.381. The van der Waals surface area contributed by atoms with Gasteiger partial charge in [0.15, 0.2) is 11.5 Å². The van der Waals surface area contributed by atoms with Crippen molar-refractivity contribution in [3.05, 3.63) is 53.1 Å². The Morgan fingerprint density at radius 1 is 1.07 bits per heavy atom. The summed E-state index contributed by atoms with van der Waals surface area (Å²) in [5.41, 5.74) is 1.98. The molecule has 0 radical (unpaired) electrons. The Morgan fingerprint density at radius 2 is 1.82 bits per heavy atom. The lowest BCUT2D eigenvalue weighted by Crippen LogP contribution is -2.39. The summed E-state index contributed by atoms with van der Waals surface area (Å²) in [5.74, 6) is 1.87. The van der Waals surface area contributed by atoms with Crippen molar-refractivity contribution in [2.75, 3.05) is 31.7 Å². The Labute approximate surface area is 169 Å². The highest BCUT2D eigenvalue weighted by atomic mass is 35.5. The van der Waals surface area contributed by atoms with E-state index in [2.05, 4.69) is 27.7 Å². The normalized spacial score (nSPS) is 16.8. The van der Waals surface area contributed by atoms with Gasteiger partial charge in [0.25, 0.3) is 0 Å². The molecule has 2 N–H and O–H groups in total. The van der Waals surface area contributed by atoms with Gasteiger partial charge < -0.3 is 20.1 Å². The summed E-state index contributed by atoms with van der Waals surface area (Å²) in [5, 5.41) is 6.61. The zero-order chi connectivity index (χ0) is 19.3. The maximum Gasteiger partial charge on any atom is 0.319 e. The van der Waals surface area contributed by atoms with E-state index in [9.17, 15) is 4.79 Å². The summed E-state index contributed by atoms with van der Waals surface area (Å²) in [7, 11) is 0. The number of rotatable bonds is 5. The number of carbonyl (C=O) groups is 1. The summed E-state index contributed by atoms with van der Waals surface area (Å²) in [6.07, 6.45) is 2.16. The van der Waals surface area contributed by atoms with Crippen LogP contribution in [-0.2, 0) is 6.54 Å². The van der Waals surface area contributed by atoms with Gasteiger partial charge in [0, 0.05) is 29.9 Å². The number of fused-ring (bicyclic) bond motifs is 1. The van der Waals surface area contributed by atoms with E-state index in [1.807, 2.05) is 18.2 Å². The molecule has 0 aromatic heterocycles. The maximum absolute atomic E-state index is 12.2. The van der Waals surface area contributed by atoms with Crippen molar-refractivity contribution in [1.29, 1.82) is 0 Å². The number of urea groups is 1. The number of nitrogens with one attached hydrogen (secondary N) is 2. The van der Waals surface area contributed by atoms with E-state index in [1.54, 1.807) is 12.1 Å². The zero-order valence-corrected chi connectivity index (χ0v) is 16.4. The number of hydrogen-bond acceptors (Lipinski definition) is 4. The van der Waals surface area contributed by atoms with Crippen molar-refractivity contribution in [3.63, 3.8) is 0 Å². The molecule has 0 bridgehead atoms. The second-order valence-electron chi connectivity index (χ2n) is 7.25. The van der Waals surface area contributed by atoms with E-state index in [0.29, 0.717) is 29.6 Å². The standard InChI is InChI=1S/C21H24ClN3O3/c22-17-3-1-16(2-4-17)13-25-9-7-15(8-10-25)12-23-21(26)24-18-5-6-19-20(11-18)28-14-27-19/h1-6,11,15H,7-10,12-14H2,(H2,23,24,26). The number of halogens is 1. The quantitative estimate of drug-likeness (QED) is 0.791. The first kappa shape index (κ1) is 18.9. The predicted octanol–water partition coefficient (Wildman–Crippen LogP) is 4.10. The minimum Gasteiger partial charge on any atom is -0.454 e. The van der Waals surface area contributed by atoms with Gasteiger partial charge in [-0.2, -0.15) is 0 Å². The lowest BCUT2D eigenvalue weighted by atomic mass is 9.96. The van der Waals surface area contributed by atoms with Gasteiger partial charge in [0.1, 0.15) is 0 Å². The number of amides is 2. The predicted molar refractivity (Wildman–Crippen MR) is 109 cm³/mol. The molecule has 0 atom stereocenters. The van der Waals surface area contributed by atoms with Crippen LogP contribution >= 0.6 is 11.6 Å². The summed E-state index contributed by atoms with van der Waals surface area (Å²) < 4.78 is 10.6. The van der Waals surface area contributed by atoms with Crippen LogP contribution in [0.3, 0.4) is 0 Å². The molecule has 4 rings (SSSR count). The van der Waals surface area contributed by atoms with Gasteiger partial charge in [-0.15, -0.1) is 0 Å². The van der Waals surface area contributed by atoms with Gasteiger partial charge in [-0.25, -0.2) is 4.79 Å². The zero-order valence-electron chi connectivity index (χ0n) is 15.6. The molecule has 0 unspecified atom stereocenters. The highest BCUT2D eigenvalue weighted by Crippen LogP contribution is 2.34. The van der Waals surface area contributed by atoms with Crippen molar-refractivity contribution in [2.45, 2.75) is 19.4 Å². The van der Waals surface area contributed by atoms with Crippen LogP contribution in [0.25, 0.3) is 0 Å². The average Bonchev–Trinajstić information content (AvgIpc) is 3.17. The molecule has 2 heterocycles. The second kappa shape index (κ2) is 8.71. The van der Waals surface area contributed by atoms with Crippen LogP contribution in [0.1, 0.15) is 18.4 Å². The third-order valence-corrected chi connectivity index (χ3v) is 5.46. The number of nitrogens with zero attached hydrogens (tertiary/aromatic N) is 1. The molecule has 1 fully saturated rings. The summed E-state index contributed by atoms with van der Waals surface area (Å²) in [6, 6.07) is 13.2. The van der Waals surface area contributed by atoms with Crippen LogP contribution in [0.2, 0.25) is 5.02 Å². The fourth-order valence-electron chi connectivity index (χ4n) is 3.58. The molecule has 2 aromatic rings. The molecule has 1 saturated heterocycles. The molecule has 0 aliphatic carbocycles. The van der Waals surface area contributed by atoms with E-state index < -0.39 is 0 Å². The summed E-state index contributed by atoms with van der Waals surface area (Å²) in [4.78, 5) is 14.6. The van der Waals surface area contributed by atoms with Gasteiger partial charge in [-0.05, 0) is 61.7 Å². The number of hydrogen-bond donors (Lipinski definition) is 2. The molecule has 2 aliphatic heterocycles. The Hall–Kier alpha value is -2.44. The minimum absolute atomic E-state index is 0.192. The van der Waals surface area contributed by atoms with Crippen LogP contribution in [0, 0.1) is 5.92 Å². The average molecular weight is 402 g/mol. The molecule has 2 aromatic carbocycles. The lowest BCUT2D eigenvalue weighted by Gasteiger charge is -2.32. The van der Waals surface area contributed by atoms with E-state index in [1.165, 1.54) is 5.56 Å². The van der Waals surface area contributed by atoms with Crippen molar-refractivity contribution in [1.82, 2.24) is 10.2 Å². The van der Waals surface area contributed by atoms with Crippen LogP contribution in [0.15, 0.2) is 42.5 Å². The van der Waals surface area contributed by atoms with Crippen LogP contribution < -0.4 is 20.1 Å². The highest BCUT2D eigenvalue weighted by Gasteiger charge is 2.20. The SMILES string of the molecule is O=C(NCC1CCN(Cc2ccc(Cl)cc2)CC1)Nc1ccc2c(c1)OCO2. The first-order chi connectivity index (χ1) is 13.7. The van der Waals surface area contributed by atoms with Crippen LogP contribution in [0.4, 0.5) is 10.5 Å². The molecule has 0 saturated carbocycles. The van der Waals surface area contributed by atoms with Gasteiger partial charge in [-0.3, -0.25) is 4.90 Å². The van der Waals surface area contributed by atoms with Gasteiger partial charge in [0.2, 0.25) is 6.79 Å². The number of likely N-dealkylation sites (tertiary alicyclic amines) is 1. The Balaban J connectivity index is 1.18. The largest absolute Gasteiger partial charge is 0.454 e. The third-order valence-electron chi connectivity index (χ3n) is 5.21. The molecular formula is C21H24ClN3O3. The molecule has 6 nitrogen and oxygen atoms in total. The van der Waals surface area contributed by atoms with Crippen molar-refractivity contribution >= 4 is 23.3 Å². The molecular weight excluding hydrogens is 378 g/mol. The first-order valence-corrected chi connectivity index (χ1v) is 9.95. The molecule has 148 valence electrons. The second-order valence-corrected chi connectivity index (χ2v) is 7.69. The number of piperidine rings is 1. The molecule has 28 heavy (non-hydrogen) atoms. The monoisotopic (exact) mass is 401 g/mol. The minimum atomic E-state index is -0.192. The Morgan fingerprint density at radius 3 is 2.61 bits per heavy atom. The molecule has 2 aliphatic rings. The van der Waals surface area contributed by atoms with Crippen LogP contribution in [0.5, 0.6) is 11.5 Å². The maximum atomic E-state index is 12.2. The highest BCUT2D eigenvalue weighted by molar-refractivity contribution is 6.30. The number of ether oxygens (including phenoxy) is 2. The third kappa shape index (κ3) is 4.88. The summed E-state index contributed by atoms with van der Waals surface area (Å²) >= 11 is 5.94. The first-order valence-electron chi connectivity index (χ1n) is 9.57. The van der Waals surface area contributed by atoms with Crippen LogP contribution in [-0.4, -0.2) is 37.4 Å². The number of carbonyl (C=O) groups excluding carboxylic acids is 1.